The lowest BCUT2D eigenvalue weighted by atomic mass is 10.1. The number of nitrogens with one attached hydrogen (secondary N) is 1. The lowest BCUT2D eigenvalue weighted by molar-refractivity contribution is -0.118. The van der Waals surface area contributed by atoms with E-state index in [0.29, 0.717) is 25.3 Å². The lowest BCUT2D eigenvalue weighted by Crippen LogP contribution is -2.50. The molecule has 2 heterocycles. The van der Waals surface area contributed by atoms with E-state index >= 15 is 0 Å². The maximum absolute atomic E-state index is 13.7. The summed E-state index contributed by atoms with van der Waals surface area (Å²) in [6.45, 7) is 3.14. The molecule has 1 saturated heterocycles. The quantitative estimate of drug-likeness (QED) is 0.824. The summed E-state index contributed by atoms with van der Waals surface area (Å²) in [7, 11) is 0. The molecule has 1 atom stereocenters. The highest BCUT2D eigenvalue weighted by molar-refractivity contribution is 5.97. The van der Waals surface area contributed by atoms with Gasteiger partial charge < -0.3 is 19.7 Å². The van der Waals surface area contributed by atoms with Crippen LogP contribution in [0.2, 0.25) is 0 Å². The van der Waals surface area contributed by atoms with Crippen molar-refractivity contribution in [2.24, 2.45) is 0 Å². The molecule has 0 radical (unpaired) electrons. The number of hydrogen-bond acceptors (Lipinski definition) is 5. The first-order valence-electron chi connectivity index (χ1n) is 9.11. The normalized spacial score (nSPS) is 16.5. The molecule has 1 aromatic carbocycles. The number of morpholine rings is 1. The molecular formula is C20H22FN3O4. The molecule has 0 spiro atoms. The molecule has 0 aliphatic carbocycles. The molecule has 1 aliphatic heterocycles. The number of amides is 2. The Bertz CT molecular complexity index is 846. The van der Waals surface area contributed by atoms with E-state index in [2.05, 4.69) is 10.3 Å². The van der Waals surface area contributed by atoms with E-state index in [1.54, 1.807) is 35.4 Å². The number of para-hydroxylation sites is 1. The van der Waals surface area contributed by atoms with Crippen molar-refractivity contribution in [3.05, 3.63) is 54.0 Å². The van der Waals surface area contributed by atoms with E-state index in [-0.39, 0.29) is 30.5 Å². The van der Waals surface area contributed by atoms with E-state index in [4.69, 9.17) is 9.47 Å². The SMILES string of the molecule is CCOc1ncccc1C(=O)N1CCOC[C@H]1CC(=O)Nc1ccccc1F. The second-order valence-electron chi connectivity index (χ2n) is 6.25. The van der Waals surface area contributed by atoms with Crippen LogP contribution in [-0.2, 0) is 9.53 Å². The molecule has 1 fully saturated rings. The van der Waals surface area contributed by atoms with E-state index in [1.807, 2.05) is 6.92 Å². The molecule has 0 bridgehead atoms. The second-order valence-corrected chi connectivity index (χ2v) is 6.25. The van der Waals surface area contributed by atoms with E-state index in [0.717, 1.165) is 0 Å². The van der Waals surface area contributed by atoms with Gasteiger partial charge in [0.25, 0.3) is 5.91 Å². The van der Waals surface area contributed by atoms with Crippen LogP contribution in [0.15, 0.2) is 42.6 Å². The highest BCUT2D eigenvalue weighted by atomic mass is 19.1. The van der Waals surface area contributed by atoms with Gasteiger partial charge in [-0.2, -0.15) is 0 Å². The first-order valence-corrected chi connectivity index (χ1v) is 9.11. The van der Waals surface area contributed by atoms with Crippen LogP contribution in [0.4, 0.5) is 10.1 Å². The average Bonchev–Trinajstić information content (AvgIpc) is 2.70. The minimum Gasteiger partial charge on any atom is -0.477 e. The van der Waals surface area contributed by atoms with Crippen LogP contribution >= 0.6 is 0 Å². The summed E-state index contributed by atoms with van der Waals surface area (Å²) >= 11 is 0. The second kappa shape index (κ2) is 9.27. The molecule has 8 heteroatoms. The van der Waals surface area contributed by atoms with Crippen molar-refractivity contribution < 1.29 is 23.5 Å². The van der Waals surface area contributed by atoms with E-state index in [1.165, 1.54) is 12.1 Å². The van der Waals surface area contributed by atoms with Crippen LogP contribution in [0.3, 0.4) is 0 Å². The largest absolute Gasteiger partial charge is 0.477 e. The number of halogens is 1. The topological polar surface area (TPSA) is 80.8 Å². The monoisotopic (exact) mass is 387 g/mol. The average molecular weight is 387 g/mol. The Morgan fingerprint density at radius 1 is 1.32 bits per heavy atom. The standard InChI is InChI=1S/C20H22FN3O4/c1-2-28-19-15(6-5-9-22-19)20(26)24-10-11-27-13-14(24)12-18(25)23-17-8-4-3-7-16(17)21/h3-9,14H,2,10-13H2,1H3,(H,23,25)/t14-/m1/s1. The Morgan fingerprint density at radius 3 is 2.93 bits per heavy atom. The molecule has 1 aromatic heterocycles. The minimum atomic E-state index is -0.514. The Hall–Kier alpha value is -3.00. The van der Waals surface area contributed by atoms with Gasteiger partial charge in [-0.15, -0.1) is 0 Å². The first-order chi connectivity index (χ1) is 13.6. The number of benzene rings is 1. The zero-order valence-electron chi connectivity index (χ0n) is 15.6. The molecule has 0 saturated carbocycles. The van der Waals surface area contributed by atoms with E-state index in [9.17, 15) is 14.0 Å². The van der Waals surface area contributed by atoms with Crippen LogP contribution in [0.1, 0.15) is 23.7 Å². The van der Waals surface area contributed by atoms with Crippen LogP contribution in [0.25, 0.3) is 0 Å². The number of ether oxygens (including phenoxy) is 2. The van der Waals surface area contributed by atoms with Crippen LogP contribution in [0, 0.1) is 5.82 Å². The Labute approximate surface area is 162 Å². The van der Waals surface area contributed by atoms with Crippen molar-refractivity contribution >= 4 is 17.5 Å². The fourth-order valence-corrected chi connectivity index (χ4v) is 3.03. The molecule has 2 amide bonds. The Kier molecular flexibility index (Phi) is 6.54. The predicted molar refractivity (Wildman–Crippen MR) is 101 cm³/mol. The number of pyridine rings is 1. The third-order valence-electron chi connectivity index (χ3n) is 4.34. The van der Waals surface area contributed by atoms with Crippen molar-refractivity contribution in [3.8, 4) is 5.88 Å². The number of carbonyl (C=O) groups is 2. The fraction of sp³-hybridized carbons (Fsp3) is 0.350. The highest BCUT2D eigenvalue weighted by Gasteiger charge is 2.31. The minimum absolute atomic E-state index is 0.00962. The first kappa shape index (κ1) is 19.8. The number of carbonyl (C=O) groups excluding carboxylic acids is 2. The number of anilines is 1. The van der Waals surface area contributed by atoms with Gasteiger partial charge in [-0.1, -0.05) is 12.1 Å². The molecular weight excluding hydrogens is 365 g/mol. The zero-order valence-corrected chi connectivity index (χ0v) is 15.6. The summed E-state index contributed by atoms with van der Waals surface area (Å²) in [6.07, 6.45) is 1.55. The molecule has 28 heavy (non-hydrogen) atoms. The summed E-state index contributed by atoms with van der Waals surface area (Å²) < 4.78 is 24.6. The fourth-order valence-electron chi connectivity index (χ4n) is 3.03. The maximum Gasteiger partial charge on any atom is 0.259 e. The van der Waals surface area contributed by atoms with Gasteiger partial charge in [0.15, 0.2) is 0 Å². The van der Waals surface area contributed by atoms with Gasteiger partial charge in [0.2, 0.25) is 11.8 Å². The highest BCUT2D eigenvalue weighted by Crippen LogP contribution is 2.21. The van der Waals surface area contributed by atoms with Crippen molar-refractivity contribution in [2.75, 3.05) is 31.7 Å². The molecule has 148 valence electrons. The third kappa shape index (κ3) is 4.64. The third-order valence-corrected chi connectivity index (χ3v) is 4.34. The number of nitrogens with zero attached hydrogens (tertiary/aromatic N) is 2. The summed E-state index contributed by atoms with van der Waals surface area (Å²) in [5.74, 6) is -0.922. The molecule has 1 aliphatic rings. The zero-order chi connectivity index (χ0) is 19.9. The van der Waals surface area contributed by atoms with Gasteiger partial charge in [-0.05, 0) is 31.2 Å². The molecule has 1 N–H and O–H groups in total. The summed E-state index contributed by atoms with van der Waals surface area (Å²) in [6, 6.07) is 8.77. The van der Waals surface area contributed by atoms with Gasteiger partial charge in [0, 0.05) is 19.2 Å². The van der Waals surface area contributed by atoms with Gasteiger partial charge in [-0.3, -0.25) is 9.59 Å². The summed E-state index contributed by atoms with van der Waals surface area (Å²) in [5, 5.41) is 2.54. The van der Waals surface area contributed by atoms with Crippen LogP contribution in [-0.4, -0.2) is 54.1 Å². The lowest BCUT2D eigenvalue weighted by Gasteiger charge is -2.35. The Balaban J connectivity index is 1.73. The van der Waals surface area contributed by atoms with Crippen molar-refractivity contribution in [1.82, 2.24) is 9.88 Å². The Morgan fingerprint density at radius 2 is 2.14 bits per heavy atom. The van der Waals surface area contributed by atoms with Crippen molar-refractivity contribution in [2.45, 2.75) is 19.4 Å². The molecule has 3 rings (SSSR count). The molecule has 2 aromatic rings. The summed E-state index contributed by atoms with van der Waals surface area (Å²) in [4.78, 5) is 31.2. The molecule has 7 nitrogen and oxygen atoms in total. The van der Waals surface area contributed by atoms with Crippen molar-refractivity contribution in [3.63, 3.8) is 0 Å². The predicted octanol–water partition coefficient (Wildman–Crippen LogP) is 2.49. The van der Waals surface area contributed by atoms with Gasteiger partial charge in [0.05, 0.1) is 31.5 Å². The van der Waals surface area contributed by atoms with Crippen molar-refractivity contribution in [1.29, 1.82) is 0 Å². The van der Waals surface area contributed by atoms with E-state index < -0.39 is 17.8 Å². The van der Waals surface area contributed by atoms with Gasteiger partial charge >= 0.3 is 0 Å². The van der Waals surface area contributed by atoms with Gasteiger partial charge in [-0.25, -0.2) is 9.37 Å². The number of hydrogen-bond donors (Lipinski definition) is 1. The molecule has 0 unspecified atom stereocenters. The smallest absolute Gasteiger partial charge is 0.259 e. The van der Waals surface area contributed by atoms with Gasteiger partial charge in [0.1, 0.15) is 11.4 Å². The van der Waals surface area contributed by atoms with Crippen LogP contribution in [0.5, 0.6) is 5.88 Å². The summed E-state index contributed by atoms with van der Waals surface area (Å²) in [5.41, 5.74) is 0.443. The maximum atomic E-state index is 13.7. The number of aromatic nitrogens is 1. The number of rotatable bonds is 6. The van der Waals surface area contributed by atoms with Crippen LogP contribution < -0.4 is 10.1 Å².